The zero-order chi connectivity index (χ0) is 50.0. The Balaban J connectivity index is 1.21. The van der Waals surface area contributed by atoms with Gasteiger partial charge in [-0.15, -0.1) is 0 Å². The van der Waals surface area contributed by atoms with Gasteiger partial charge in [0.2, 0.25) is 6.71 Å². The van der Waals surface area contributed by atoms with E-state index in [1.54, 1.807) is 66.6 Å². The van der Waals surface area contributed by atoms with Crippen molar-refractivity contribution in [3.63, 3.8) is 0 Å². The first-order valence-electron chi connectivity index (χ1n) is 27.8. The minimum Gasteiger partial charge on any atom is -0.311 e. The van der Waals surface area contributed by atoms with Crippen LogP contribution in [-0.4, -0.2) is 6.71 Å². The van der Waals surface area contributed by atoms with E-state index in [4.69, 9.17) is 0 Å². The monoisotopic (exact) mass is 926 g/mol. The molecule has 2 heteroatoms. The maximum Gasteiger partial charge on any atom is 0.247 e. The van der Waals surface area contributed by atoms with Gasteiger partial charge in [-0.05, 0) is 228 Å². The second kappa shape index (κ2) is 14.3. The van der Waals surface area contributed by atoms with Crippen molar-refractivity contribution in [3.05, 3.63) is 150 Å². The van der Waals surface area contributed by atoms with Crippen molar-refractivity contribution in [3.8, 4) is 0 Å². The summed E-state index contributed by atoms with van der Waals surface area (Å²) >= 11 is 0. The molecule has 0 radical (unpaired) electrons. The Morgan fingerprint density at radius 3 is 1.44 bits per heavy atom. The molecule has 1 nitrogen and oxygen atoms in total. The molecule has 2 heterocycles. The Labute approximate surface area is 424 Å². The number of nitrogens with zero attached hydrogens (tertiary/aromatic N) is 1. The molecule has 7 aliphatic rings. The molecule has 5 aromatic carbocycles. The van der Waals surface area contributed by atoms with Crippen LogP contribution in [-0.2, 0) is 49.7 Å². The standard InChI is InChI=1S/C68H84BN/c1-39-29-45-58(43-35-51-48(31-40(43)2)62(5,6)23-25-65(51,11)12)46-32-41-33-49-52(66(13,14)26-24-63(49,7)8)36-44(41)59(46)69-55-37-53-54(68(17,18)28-27-67(53,15)16)38-56(55)70(57(30-39)60(45)69)42-19-20-47-50(34-42)64(9,10)22-21-61(47,3)4/h19-20,29-31,33-38,58H,21-28,32H2,1-18H3/t58-/m0/s1. The van der Waals surface area contributed by atoms with Gasteiger partial charge in [0.25, 0.3) is 0 Å². The summed E-state index contributed by atoms with van der Waals surface area (Å²) in [6, 6.07) is 29.3. The van der Waals surface area contributed by atoms with Gasteiger partial charge in [-0.1, -0.05) is 164 Å². The van der Waals surface area contributed by atoms with Crippen LogP contribution in [0.25, 0.3) is 5.47 Å². The number of allylic oxidation sites excluding steroid dienone is 1. The number of hydrogen-bond donors (Lipinski definition) is 0. The Hall–Kier alpha value is -4.30. The van der Waals surface area contributed by atoms with Crippen LogP contribution in [0.4, 0.5) is 17.1 Å². The van der Waals surface area contributed by atoms with Crippen LogP contribution in [0.5, 0.6) is 0 Å². The van der Waals surface area contributed by atoms with Crippen molar-refractivity contribution < 1.29 is 0 Å². The van der Waals surface area contributed by atoms with E-state index in [0.717, 1.165) is 6.42 Å². The summed E-state index contributed by atoms with van der Waals surface area (Å²) in [5.74, 6) is 0.163. The molecule has 0 N–H and O–H groups in total. The molecule has 0 spiro atoms. The number of aryl methyl sites for hydroxylation is 2. The quantitative estimate of drug-likeness (QED) is 0.160. The lowest BCUT2D eigenvalue weighted by molar-refractivity contribution is 0.331. The second-order valence-corrected chi connectivity index (χ2v) is 29.7. The Morgan fingerprint density at radius 1 is 0.429 bits per heavy atom. The number of benzene rings is 5. The van der Waals surface area contributed by atoms with Crippen molar-refractivity contribution in [2.45, 2.75) is 232 Å². The third kappa shape index (κ3) is 6.47. The molecule has 0 saturated heterocycles. The summed E-state index contributed by atoms with van der Waals surface area (Å²) < 4.78 is 0. The van der Waals surface area contributed by atoms with E-state index in [2.05, 4.69) is 196 Å². The lowest BCUT2D eigenvalue weighted by atomic mass is 9.30. The summed E-state index contributed by atoms with van der Waals surface area (Å²) in [7, 11) is 0. The van der Waals surface area contributed by atoms with Gasteiger partial charge in [-0.2, -0.15) is 0 Å². The predicted molar refractivity (Wildman–Crippen MR) is 302 cm³/mol. The van der Waals surface area contributed by atoms with Crippen molar-refractivity contribution in [1.82, 2.24) is 0 Å². The molecule has 70 heavy (non-hydrogen) atoms. The van der Waals surface area contributed by atoms with Gasteiger partial charge < -0.3 is 4.90 Å². The van der Waals surface area contributed by atoms with Crippen LogP contribution in [0.15, 0.2) is 72.3 Å². The number of hydrogen-bond acceptors (Lipinski definition) is 1. The normalized spacial score (nSPS) is 24.6. The summed E-state index contributed by atoms with van der Waals surface area (Å²) in [6.07, 6.45) is 10.8. The smallest absolute Gasteiger partial charge is 0.247 e. The topological polar surface area (TPSA) is 3.24 Å². The third-order valence-corrected chi connectivity index (χ3v) is 21.1. The average Bonchev–Trinajstić information content (AvgIpc) is 3.65. The molecule has 0 amide bonds. The fraction of sp³-hybridized carbons (Fsp3) is 0.529. The van der Waals surface area contributed by atoms with Crippen LogP contribution < -0.4 is 15.8 Å². The molecule has 0 bridgehead atoms. The lowest BCUT2D eigenvalue weighted by Gasteiger charge is -2.48. The van der Waals surface area contributed by atoms with Crippen LogP contribution >= 0.6 is 0 Å². The molecule has 1 atom stereocenters. The number of rotatable bonds is 2. The van der Waals surface area contributed by atoms with E-state index in [-0.39, 0.29) is 56.0 Å². The highest BCUT2D eigenvalue weighted by Gasteiger charge is 2.52. The van der Waals surface area contributed by atoms with Gasteiger partial charge in [0.15, 0.2) is 0 Å². The molecule has 5 aromatic rings. The number of fused-ring (bicyclic) bond motifs is 9. The van der Waals surface area contributed by atoms with E-state index in [1.165, 1.54) is 102 Å². The number of anilines is 3. The van der Waals surface area contributed by atoms with E-state index < -0.39 is 0 Å². The van der Waals surface area contributed by atoms with Crippen LogP contribution in [0.2, 0.25) is 0 Å². The van der Waals surface area contributed by atoms with Crippen molar-refractivity contribution in [1.29, 1.82) is 0 Å². The molecule has 5 aliphatic carbocycles. The SMILES string of the molecule is Cc1cc2c3c(c1)N(c1ccc4c(c1)C(C)(C)CCC4(C)C)c1cc4c(cc1B3C1=C(Cc3cc5c(cc31)C(C)(C)CCC5(C)C)[C@H]2c1cc2c(cc1C)C(C)(C)CCC2(C)C)C(C)(C)CCC4(C)C. The summed E-state index contributed by atoms with van der Waals surface area (Å²) in [6.45, 7) is 45.2. The van der Waals surface area contributed by atoms with Gasteiger partial charge in [-0.3, -0.25) is 0 Å². The first-order valence-corrected chi connectivity index (χ1v) is 27.8. The molecule has 12 rings (SSSR count). The lowest BCUT2D eigenvalue weighted by Crippen LogP contribution is -2.55. The highest BCUT2D eigenvalue weighted by molar-refractivity contribution is 7.02. The summed E-state index contributed by atoms with van der Waals surface area (Å²) in [5.41, 5.74) is 32.9. The molecule has 364 valence electrons. The maximum absolute atomic E-state index is 2.79. The Morgan fingerprint density at radius 2 is 0.886 bits per heavy atom. The van der Waals surface area contributed by atoms with Gasteiger partial charge in [-0.25, -0.2) is 0 Å². The summed E-state index contributed by atoms with van der Waals surface area (Å²) in [5, 5.41) is 0. The highest BCUT2D eigenvalue weighted by Crippen LogP contribution is 2.58. The van der Waals surface area contributed by atoms with Gasteiger partial charge in [0.1, 0.15) is 0 Å². The van der Waals surface area contributed by atoms with E-state index in [1.807, 2.05) is 0 Å². The van der Waals surface area contributed by atoms with Gasteiger partial charge in [0.05, 0.1) is 0 Å². The largest absolute Gasteiger partial charge is 0.311 e. The zero-order valence-electron chi connectivity index (χ0n) is 46.8. The Kier molecular flexibility index (Phi) is 9.52. The predicted octanol–water partition coefficient (Wildman–Crippen LogP) is 16.8. The minimum absolute atomic E-state index is 0.0806. The fourth-order valence-corrected chi connectivity index (χ4v) is 15.9. The highest BCUT2D eigenvalue weighted by atomic mass is 15.2. The average molecular weight is 926 g/mol. The van der Waals surface area contributed by atoms with E-state index in [9.17, 15) is 0 Å². The zero-order valence-corrected chi connectivity index (χ0v) is 46.8. The fourth-order valence-electron chi connectivity index (χ4n) is 15.9. The molecular weight excluding hydrogens is 842 g/mol. The van der Waals surface area contributed by atoms with Crippen molar-refractivity contribution in [2.24, 2.45) is 0 Å². The van der Waals surface area contributed by atoms with Crippen LogP contribution in [0, 0.1) is 13.8 Å². The maximum atomic E-state index is 2.79. The first kappa shape index (κ1) is 46.8. The van der Waals surface area contributed by atoms with Crippen molar-refractivity contribution in [2.75, 3.05) is 4.90 Å². The van der Waals surface area contributed by atoms with Crippen molar-refractivity contribution >= 4 is 40.2 Å². The molecule has 0 aromatic heterocycles. The molecule has 2 aliphatic heterocycles. The Bertz CT molecular complexity index is 3170. The van der Waals surface area contributed by atoms with Gasteiger partial charge in [0, 0.05) is 23.0 Å². The van der Waals surface area contributed by atoms with Gasteiger partial charge >= 0.3 is 0 Å². The molecule has 0 fully saturated rings. The molecular formula is C68H84BN. The van der Waals surface area contributed by atoms with E-state index >= 15 is 0 Å². The van der Waals surface area contributed by atoms with Crippen LogP contribution in [0.1, 0.15) is 246 Å². The minimum atomic E-state index is 0.0806. The third-order valence-electron chi connectivity index (χ3n) is 21.1. The molecule has 0 saturated carbocycles. The van der Waals surface area contributed by atoms with E-state index in [0.29, 0.717) is 0 Å². The second-order valence-electron chi connectivity index (χ2n) is 29.7. The molecule has 0 unspecified atom stereocenters. The summed E-state index contributed by atoms with van der Waals surface area (Å²) in [4.78, 5) is 2.79. The van der Waals surface area contributed by atoms with Crippen LogP contribution in [0.3, 0.4) is 0 Å². The first-order chi connectivity index (χ1) is 32.4.